The molecule has 1 saturated heterocycles. The Morgan fingerprint density at radius 1 is 1.07 bits per heavy atom. The van der Waals surface area contributed by atoms with E-state index in [9.17, 15) is 18.0 Å². The number of ether oxygens (including phenoxy) is 2. The van der Waals surface area contributed by atoms with Gasteiger partial charge in [-0.25, -0.2) is 8.42 Å². The maximum Gasteiger partial charge on any atom is 0.306 e. The quantitative estimate of drug-likeness (QED) is 0.696. The van der Waals surface area contributed by atoms with E-state index in [1.165, 1.54) is 0 Å². The molecule has 8 heteroatoms. The number of rotatable bonds is 7. The van der Waals surface area contributed by atoms with Crippen LogP contribution in [-0.2, 0) is 26.0 Å². The van der Waals surface area contributed by atoms with Crippen LogP contribution in [0.3, 0.4) is 0 Å². The van der Waals surface area contributed by atoms with Gasteiger partial charge in [-0.15, -0.1) is 0 Å². The number of amides is 1. The molecule has 3 rings (SSSR count). The number of esters is 1. The highest BCUT2D eigenvalue weighted by atomic mass is 32.2. The van der Waals surface area contributed by atoms with E-state index in [4.69, 9.17) is 9.47 Å². The summed E-state index contributed by atoms with van der Waals surface area (Å²) in [6.07, 6.45) is 0.622. The summed E-state index contributed by atoms with van der Waals surface area (Å²) in [5, 5.41) is 2.80. The maximum absolute atomic E-state index is 12.3. The lowest BCUT2D eigenvalue weighted by atomic mass is 10.1. The molecule has 0 saturated carbocycles. The average molecular weight is 417 g/mol. The first-order valence-electron chi connectivity index (χ1n) is 9.25. The van der Waals surface area contributed by atoms with Crippen LogP contribution < -0.4 is 10.1 Å². The third-order valence-electron chi connectivity index (χ3n) is 4.75. The summed E-state index contributed by atoms with van der Waals surface area (Å²) in [5.74, 6) is 0.0908. The van der Waals surface area contributed by atoms with Crippen molar-refractivity contribution >= 4 is 27.4 Å². The van der Waals surface area contributed by atoms with Crippen LogP contribution in [0.15, 0.2) is 48.5 Å². The number of sulfone groups is 1. The molecule has 1 amide bonds. The lowest BCUT2D eigenvalue weighted by molar-refractivity contribution is -0.145. The minimum atomic E-state index is -3.00. The standard InChI is InChI=1S/C21H23NO6S/c1-27-19-8-6-18(7-9-19)22-21(24)17-4-2-15(3-5-17)13-28-20(23)12-16-10-11-29(25,26)14-16/h2-9,16H,10-14H2,1H3,(H,22,24). The number of benzene rings is 2. The summed E-state index contributed by atoms with van der Waals surface area (Å²) >= 11 is 0. The monoisotopic (exact) mass is 417 g/mol. The molecule has 1 aliphatic rings. The molecule has 0 aliphatic carbocycles. The van der Waals surface area contributed by atoms with E-state index >= 15 is 0 Å². The van der Waals surface area contributed by atoms with E-state index in [0.717, 1.165) is 5.56 Å². The van der Waals surface area contributed by atoms with Crippen molar-refractivity contribution < 1.29 is 27.5 Å². The molecular weight excluding hydrogens is 394 g/mol. The predicted molar refractivity (Wildman–Crippen MR) is 109 cm³/mol. The van der Waals surface area contributed by atoms with Gasteiger partial charge in [0, 0.05) is 17.7 Å². The van der Waals surface area contributed by atoms with Crippen LogP contribution in [-0.4, -0.2) is 38.9 Å². The molecule has 1 unspecified atom stereocenters. The molecule has 29 heavy (non-hydrogen) atoms. The first-order chi connectivity index (χ1) is 13.8. The number of carbonyl (C=O) groups is 2. The van der Waals surface area contributed by atoms with Gasteiger partial charge in [0.15, 0.2) is 9.84 Å². The highest BCUT2D eigenvalue weighted by Gasteiger charge is 2.29. The molecule has 0 aromatic heterocycles. The Balaban J connectivity index is 1.47. The number of nitrogens with one attached hydrogen (secondary N) is 1. The second-order valence-electron chi connectivity index (χ2n) is 7.01. The summed E-state index contributed by atoms with van der Waals surface area (Å²) in [5.41, 5.74) is 1.88. The highest BCUT2D eigenvalue weighted by Crippen LogP contribution is 2.22. The van der Waals surface area contributed by atoms with Gasteiger partial charge in [-0.1, -0.05) is 12.1 Å². The van der Waals surface area contributed by atoms with Gasteiger partial charge in [-0.05, 0) is 54.3 Å². The number of hydrogen-bond acceptors (Lipinski definition) is 6. The Bertz CT molecular complexity index is 967. The van der Waals surface area contributed by atoms with E-state index in [1.54, 1.807) is 55.6 Å². The second-order valence-corrected chi connectivity index (χ2v) is 9.24. The molecule has 2 aromatic rings. The van der Waals surface area contributed by atoms with Crippen molar-refractivity contribution in [2.45, 2.75) is 19.4 Å². The summed E-state index contributed by atoms with van der Waals surface area (Å²) in [6, 6.07) is 13.8. The largest absolute Gasteiger partial charge is 0.497 e. The molecule has 7 nitrogen and oxygen atoms in total. The third kappa shape index (κ3) is 6.05. The van der Waals surface area contributed by atoms with Gasteiger partial charge in [0.2, 0.25) is 0 Å². The number of carbonyl (C=O) groups excluding carboxylic acids is 2. The van der Waals surface area contributed by atoms with E-state index in [-0.39, 0.29) is 36.4 Å². The Hall–Kier alpha value is -2.87. The maximum atomic E-state index is 12.3. The van der Waals surface area contributed by atoms with E-state index in [2.05, 4.69) is 5.32 Å². The Morgan fingerprint density at radius 3 is 2.34 bits per heavy atom. The van der Waals surface area contributed by atoms with Crippen LogP contribution in [0.5, 0.6) is 5.75 Å². The predicted octanol–water partition coefficient (Wildman–Crippen LogP) is 2.82. The van der Waals surface area contributed by atoms with Gasteiger partial charge in [0.25, 0.3) is 5.91 Å². The third-order valence-corrected chi connectivity index (χ3v) is 6.58. The molecule has 2 aromatic carbocycles. The SMILES string of the molecule is COc1ccc(NC(=O)c2ccc(COC(=O)CC3CCS(=O)(=O)C3)cc2)cc1. The van der Waals surface area contributed by atoms with Gasteiger partial charge in [-0.2, -0.15) is 0 Å². The van der Waals surface area contributed by atoms with Crippen LogP contribution in [0, 0.1) is 5.92 Å². The van der Waals surface area contributed by atoms with Crippen LogP contribution in [0.1, 0.15) is 28.8 Å². The van der Waals surface area contributed by atoms with Crippen LogP contribution >= 0.6 is 0 Å². The number of anilines is 1. The van der Waals surface area contributed by atoms with Crippen molar-refractivity contribution in [3.63, 3.8) is 0 Å². The fourth-order valence-electron chi connectivity index (χ4n) is 3.12. The topological polar surface area (TPSA) is 98.8 Å². The molecule has 1 heterocycles. The highest BCUT2D eigenvalue weighted by molar-refractivity contribution is 7.91. The molecule has 154 valence electrons. The molecule has 1 N–H and O–H groups in total. The van der Waals surface area contributed by atoms with Gasteiger partial charge in [0.05, 0.1) is 18.6 Å². The van der Waals surface area contributed by atoms with Crippen molar-refractivity contribution in [2.24, 2.45) is 5.92 Å². The summed E-state index contributed by atoms with van der Waals surface area (Å²) in [6.45, 7) is 0.0820. The lowest BCUT2D eigenvalue weighted by Crippen LogP contribution is -2.13. The van der Waals surface area contributed by atoms with Crippen molar-refractivity contribution in [1.82, 2.24) is 0 Å². The molecule has 0 radical (unpaired) electrons. The second kappa shape index (κ2) is 9.09. The van der Waals surface area contributed by atoms with E-state index in [1.807, 2.05) is 0 Å². The Morgan fingerprint density at radius 2 is 1.76 bits per heavy atom. The van der Waals surface area contributed by atoms with Gasteiger partial charge in [0.1, 0.15) is 12.4 Å². The van der Waals surface area contributed by atoms with Crippen molar-refractivity contribution in [3.05, 3.63) is 59.7 Å². The Labute approximate surface area is 169 Å². The van der Waals surface area contributed by atoms with E-state index < -0.39 is 15.8 Å². The minimum absolute atomic E-state index is 0.0557. The molecule has 1 fully saturated rings. The molecule has 0 bridgehead atoms. The zero-order valence-electron chi connectivity index (χ0n) is 16.1. The van der Waals surface area contributed by atoms with Crippen molar-refractivity contribution in [1.29, 1.82) is 0 Å². The van der Waals surface area contributed by atoms with Gasteiger partial charge >= 0.3 is 5.97 Å². The molecular formula is C21H23NO6S. The van der Waals surface area contributed by atoms with Crippen LogP contribution in [0.4, 0.5) is 5.69 Å². The van der Waals surface area contributed by atoms with Gasteiger partial charge < -0.3 is 14.8 Å². The fourth-order valence-corrected chi connectivity index (χ4v) is 4.98. The summed E-state index contributed by atoms with van der Waals surface area (Å²) in [4.78, 5) is 24.2. The molecule has 1 aliphatic heterocycles. The fraction of sp³-hybridized carbons (Fsp3) is 0.333. The average Bonchev–Trinajstić information content (AvgIpc) is 3.05. The zero-order valence-corrected chi connectivity index (χ0v) is 16.9. The van der Waals surface area contributed by atoms with Crippen LogP contribution in [0.25, 0.3) is 0 Å². The lowest BCUT2D eigenvalue weighted by Gasteiger charge is -2.09. The molecule has 0 spiro atoms. The summed E-state index contributed by atoms with van der Waals surface area (Å²) < 4.78 is 33.2. The minimum Gasteiger partial charge on any atom is -0.497 e. The van der Waals surface area contributed by atoms with Crippen molar-refractivity contribution in [2.75, 3.05) is 23.9 Å². The normalized spacial score (nSPS) is 17.5. The first-order valence-corrected chi connectivity index (χ1v) is 11.1. The smallest absolute Gasteiger partial charge is 0.306 e. The zero-order chi connectivity index (χ0) is 20.9. The van der Waals surface area contributed by atoms with Crippen molar-refractivity contribution in [3.8, 4) is 5.75 Å². The van der Waals surface area contributed by atoms with Gasteiger partial charge in [-0.3, -0.25) is 9.59 Å². The summed E-state index contributed by atoms with van der Waals surface area (Å²) in [7, 11) is -1.42. The Kier molecular flexibility index (Phi) is 6.53. The number of hydrogen-bond donors (Lipinski definition) is 1. The first kappa shape index (κ1) is 20.9. The number of methoxy groups -OCH3 is 1. The van der Waals surface area contributed by atoms with E-state index in [0.29, 0.717) is 23.4 Å². The molecule has 1 atom stereocenters. The van der Waals surface area contributed by atoms with Crippen LogP contribution in [0.2, 0.25) is 0 Å².